The smallest absolute Gasteiger partial charge is 0.271 e. The first-order valence-electron chi connectivity index (χ1n) is 5.75. The zero-order valence-corrected chi connectivity index (χ0v) is 14.7. The molecule has 0 saturated carbocycles. The first-order valence-corrected chi connectivity index (χ1v) is 9.66. The van der Waals surface area contributed by atoms with Crippen LogP contribution in [-0.2, 0) is 9.05 Å². The van der Waals surface area contributed by atoms with Gasteiger partial charge in [0.2, 0.25) is 0 Å². The van der Waals surface area contributed by atoms with Crippen molar-refractivity contribution in [1.82, 2.24) is 10.3 Å². The molecule has 0 aromatic carbocycles. The highest BCUT2D eigenvalue weighted by Crippen LogP contribution is 2.29. The second-order valence-electron chi connectivity index (χ2n) is 4.12. The van der Waals surface area contributed by atoms with E-state index in [1.54, 1.807) is 25.1 Å². The highest BCUT2D eigenvalue weighted by molar-refractivity contribution is 9.10. The van der Waals surface area contributed by atoms with Crippen LogP contribution in [0.5, 0.6) is 0 Å². The van der Waals surface area contributed by atoms with Crippen LogP contribution in [0.2, 0.25) is 0 Å². The number of aromatic nitrogens is 1. The van der Waals surface area contributed by atoms with Gasteiger partial charge >= 0.3 is 0 Å². The molecule has 112 valence electrons. The second kappa shape index (κ2) is 6.43. The molecule has 2 aromatic rings. The molecule has 0 bridgehead atoms. The summed E-state index contributed by atoms with van der Waals surface area (Å²) in [4.78, 5) is 16.8. The van der Waals surface area contributed by atoms with E-state index in [-0.39, 0.29) is 21.9 Å². The third-order valence-corrected chi connectivity index (χ3v) is 6.59. The van der Waals surface area contributed by atoms with Gasteiger partial charge in [0.1, 0.15) is 9.90 Å². The Balaban J connectivity index is 2.15. The fourth-order valence-electron chi connectivity index (χ4n) is 1.59. The van der Waals surface area contributed by atoms with Crippen molar-refractivity contribution in [2.45, 2.75) is 17.2 Å². The molecule has 2 rings (SSSR count). The molecule has 2 heterocycles. The van der Waals surface area contributed by atoms with E-state index in [9.17, 15) is 13.2 Å². The third-order valence-electron chi connectivity index (χ3n) is 2.59. The summed E-state index contributed by atoms with van der Waals surface area (Å²) in [6.45, 7) is 1.76. The van der Waals surface area contributed by atoms with Gasteiger partial charge in [0.15, 0.2) is 0 Å². The van der Waals surface area contributed by atoms with Crippen molar-refractivity contribution in [2.75, 3.05) is 0 Å². The third kappa shape index (κ3) is 4.03. The number of carbonyl (C=O) groups excluding carboxylic acids is 1. The number of carbonyl (C=O) groups is 1. The molecule has 0 spiro atoms. The molecule has 1 N–H and O–H groups in total. The average Bonchev–Trinajstić information content (AvgIpc) is 2.88. The van der Waals surface area contributed by atoms with Crippen LogP contribution < -0.4 is 5.32 Å². The Morgan fingerprint density at radius 3 is 2.71 bits per heavy atom. The molecule has 2 aromatic heterocycles. The predicted octanol–water partition coefficient (Wildman–Crippen LogP) is 3.32. The summed E-state index contributed by atoms with van der Waals surface area (Å²) in [5, 5.41) is 2.76. The second-order valence-corrected chi connectivity index (χ2v) is 8.89. The molecule has 0 fully saturated rings. The summed E-state index contributed by atoms with van der Waals surface area (Å²) >= 11 is 4.28. The van der Waals surface area contributed by atoms with Gasteiger partial charge in [-0.1, -0.05) is 0 Å². The molecule has 0 radical (unpaired) electrons. The number of thiophene rings is 1. The summed E-state index contributed by atoms with van der Waals surface area (Å²) in [5.41, 5.74) is 0.270. The Morgan fingerprint density at radius 1 is 1.43 bits per heavy atom. The highest BCUT2D eigenvalue weighted by atomic mass is 79.9. The van der Waals surface area contributed by atoms with Crippen molar-refractivity contribution in [1.29, 1.82) is 0 Å². The Bertz CT molecular complexity index is 776. The van der Waals surface area contributed by atoms with E-state index in [2.05, 4.69) is 26.2 Å². The summed E-state index contributed by atoms with van der Waals surface area (Å²) in [7, 11) is 1.53. The number of amides is 1. The van der Waals surface area contributed by atoms with Gasteiger partial charge in [0.05, 0.1) is 6.04 Å². The molecule has 1 unspecified atom stereocenters. The van der Waals surface area contributed by atoms with Crippen LogP contribution in [0.25, 0.3) is 0 Å². The predicted molar refractivity (Wildman–Crippen MR) is 85.2 cm³/mol. The van der Waals surface area contributed by atoms with Gasteiger partial charge in [-0.25, -0.2) is 13.4 Å². The lowest BCUT2D eigenvalue weighted by atomic mass is 10.2. The van der Waals surface area contributed by atoms with Crippen LogP contribution in [0.4, 0.5) is 0 Å². The number of hydrogen-bond donors (Lipinski definition) is 1. The number of nitrogens with one attached hydrogen (secondary N) is 1. The van der Waals surface area contributed by atoms with Crippen molar-refractivity contribution in [3.05, 3.63) is 45.5 Å². The fraction of sp³-hybridized carbons (Fsp3) is 0.167. The molecule has 5 nitrogen and oxygen atoms in total. The van der Waals surface area contributed by atoms with Gasteiger partial charge in [-0.2, -0.15) is 0 Å². The fourth-order valence-corrected chi connectivity index (χ4v) is 4.12. The van der Waals surface area contributed by atoms with Crippen LogP contribution in [0.15, 0.2) is 39.1 Å². The standard InChI is InChI=1S/C12H10BrClN2O3S2/c1-7(9-4-5-10(20-9)21(14,18)19)16-12(17)11-8(13)3-2-6-15-11/h2-7H,1H3,(H,16,17). The molecule has 9 heteroatoms. The molecule has 0 aliphatic carbocycles. The Kier molecular flexibility index (Phi) is 5.03. The van der Waals surface area contributed by atoms with E-state index < -0.39 is 9.05 Å². The van der Waals surface area contributed by atoms with Gasteiger partial charge < -0.3 is 5.32 Å². The quantitative estimate of drug-likeness (QED) is 0.786. The molecular formula is C12H10BrClN2O3S2. The number of rotatable bonds is 4. The number of halogens is 2. The maximum absolute atomic E-state index is 12.1. The SMILES string of the molecule is CC(NC(=O)c1ncccc1Br)c1ccc(S(=O)(=O)Cl)s1. The first kappa shape index (κ1) is 16.4. The minimum atomic E-state index is -3.74. The lowest BCUT2D eigenvalue weighted by Crippen LogP contribution is -2.27. The van der Waals surface area contributed by atoms with Gasteiger partial charge in [-0.05, 0) is 47.1 Å². The molecular weight excluding hydrogens is 400 g/mol. The van der Waals surface area contributed by atoms with Gasteiger partial charge in [-0.3, -0.25) is 4.79 Å². The van der Waals surface area contributed by atoms with Crippen LogP contribution in [0, 0.1) is 0 Å². The normalized spacial score (nSPS) is 12.9. The van der Waals surface area contributed by atoms with E-state index in [0.29, 0.717) is 9.35 Å². The minimum Gasteiger partial charge on any atom is -0.343 e. The summed E-state index contributed by atoms with van der Waals surface area (Å²) < 4.78 is 23.1. The van der Waals surface area contributed by atoms with Crippen molar-refractivity contribution in [3.8, 4) is 0 Å². The molecule has 1 amide bonds. The molecule has 21 heavy (non-hydrogen) atoms. The monoisotopic (exact) mass is 408 g/mol. The number of hydrogen-bond acceptors (Lipinski definition) is 5. The zero-order valence-electron chi connectivity index (χ0n) is 10.7. The summed E-state index contributed by atoms with van der Waals surface area (Å²) in [6.07, 6.45) is 1.52. The molecule has 0 saturated heterocycles. The Morgan fingerprint density at radius 2 is 2.14 bits per heavy atom. The minimum absolute atomic E-state index is 0.0549. The van der Waals surface area contributed by atoms with Crippen molar-refractivity contribution in [2.24, 2.45) is 0 Å². The lowest BCUT2D eigenvalue weighted by molar-refractivity contribution is 0.0934. The highest BCUT2D eigenvalue weighted by Gasteiger charge is 2.19. The Hall–Kier alpha value is -0.960. The van der Waals surface area contributed by atoms with Crippen molar-refractivity contribution >= 4 is 52.9 Å². The van der Waals surface area contributed by atoms with E-state index in [4.69, 9.17) is 10.7 Å². The van der Waals surface area contributed by atoms with E-state index in [1.165, 1.54) is 12.3 Å². The Labute approximate surface area is 138 Å². The van der Waals surface area contributed by atoms with Gasteiger partial charge in [0.25, 0.3) is 15.0 Å². The number of pyridine rings is 1. The zero-order chi connectivity index (χ0) is 15.6. The molecule has 0 aliphatic heterocycles. The largest absolute Gasteiger partial charge is 0.343 e. The number of nitrogens with zero attached hydrogens (tertiary/aromatic N) is 1. The topological polar surface area (TPSA) is 76.1 Å². The van der Waals surface area contributed by atoms with Crippen molar-refractivity contribution < 1.29 is 13.2 Å². The average molecular weight is 410 g/mol. The van der Waals surface area contributed by atoms with Crippen LogP contribution in [-0.4, -0.2) is 19.3 Å². The van der Waals surface area contributed by atoms with Crippen LogP contribution in [0.3, 0.4) is 0 Å². The van der Waals surface area contributed by atoms with E-state index >= 15 is 0 Å². The molecule has 1 atom stereocenters. The maximum Gasteiger partial charge on any atom is 0.271 e. The lowest BCUT2D eigenvalue weighted by Gasteiger charge is -2.12. The molecule has 0 aliphatic rings. The van der Waals surface area contributed by atoms with Crippen molar-refractivity contribution in [3.63, 3.8) is 0 Å². The van der Waals surface area contributed by atoms with E-state index in [0.717, 1.165) is 11.3 Å². The van der Waals surface area contributed by atoms with Crippen LogP contribution >= 0.6 is 37.9 Å². The maximum atomic E-state index is 12.1. The van der Waals surface area contributed by atoms with Gasteiger partial charge in [-0.15, -0.1) is 11.3 Å². The first-order chi connectivity index (χ1) is 9.79. The summed E-state index contributed by atoms with van der Waals surface area (Å²) in [6, 6.07) is 6.11. The van der Waals surface area contributed by atoms with Crippen LogP contribution in [0.1, 0.15) is 28.3 Å². The van der Waals surface area contributed by atoms with Gasteiger partial charge in [0, 0.05) is 26.2 Å². The van der Waals surface area contributed by atoms with E-state index in [1.807, 2.05) is 0 Å². The summed E-state index contributed by atoms with van der Waals surface area (Å²) in [5.74, 6) is -0.348.